The summed E-state index contributed by atoms with van der Waals surface area (Å²) in [4.78, 5) is 18.8. The number of aromatic nitrogens is 4. The molecule has 0 spiro atoms. The van der Waals surface area contributed by atoms with E-state index in [9.17, 15) is 0 Å². The van der Waals surface area contributed by atoms with Crippen LogP contribution in [0, 0.1) is 0 Å². The van der Waals surface area contributed by atoms with Gasteiger partial charge in [-0.15, -0.1) is 0 Å². The minimum Gasteiger partial charge on any atom is -0.256 e. The van der Waals surface area contributed by atoms with Crippen LogP contribution in [0.3, 0.4) is 0 Å². The van der Waals surface area contributed by atoms with E-state index in [1.165, 1.54) is 32.3 Å². The van der Waals surface area contributed by atoms with E-state index in [-0.39, 0.29) is 0 Å². The van der Waals surface area contributed by atoms with E-state index in [1.807, 2.05) is 36.9 Å². The van der Waals surface area contributed by atoms with E-state index in [1.54, 1.807) is 0 Å². The van der Waals surface area contributed by atoms with Gasteiger partial charge in [0.2, 0.25) is 0 Å². The van der Waals surface area contributed by atoms with Gasteiger partial charge in [0.05, 0.1) is 22.4 Å². The van der Waals surface area contributed by atoms with Crippen molar-refractivity contribution in [3.63, 3.8) is 0 Å². The molecule has 0 aliphatic rings. The van der Waals surface area contributed by atoms with Gasteiger partial charge in [0.1, 0.15) is 0 Å². The average molecular weight is 637 g/mol. The third-order valence-corrected chi connectivity index (χ3v) is 9.84. The van der Waals surface area contributed by atoms with Gasteiger partial charge < -0.3 is 0 Å². The topological polar surface area (TPSA) is 51.6 Å². The molecule has 10 aromatic rings. The van der Waals surface area contributed by atoms with E-state index in [2.05, 4.69) is 143 Å². The van der Waals surface area contributed by atoms with Gasteiger partial charge in [-0.25, -0.2) is 0 Å². The number of rotatable bonds is 4. The Labute approximate surface area is 288 Å². The van der Waals surface area contributed by atoms with E-state index in [4.69, 9.17) is 9.97 Å². The van der Waals surface area contributed by atoms with Crippen LogP contribution < -0.4 is 0 Å². The zero-order chi connectivity index (χ0) is 33.0. The molecule has 0 saturated heterocycles. The lowest BCUT2D eigenvalue weighted by Gasteiger charge is -2.14. The molecule has 6 aromatic carbocycles. The Kier molecular flexibility index (Phi) is 6.46. The molecule has 0 N–H and O–H groups in total. The molecule has 0 amide bonds. The fourth-order valence-electron chi connectivity index (χ4n) is 7.52. The molecule has 4 heterocycles. The molecule has 4 heteroatoms. The zero-order valence-electron chi connectivity index (χ0n) is 27.0. The third-order valence-electron chi connectivity index (χ3n) is 9.84. The molecule has 10 rings (SSSR count). The molecule has 0 saturated carbocycles. The van der Waals surface area contributed by atoms with Gasteiger partial charge in [0.25, 0.3) is 0 Å². The number of nitrogens with zero attached hydrogens (tertiary/aromatic N) is 4. The van der Waals surface area contributed by atoms with E-state index in [0.717, 1.165) is 66.6 Å². The molecule has 50 heavy (non-hydrogen) atoms. The van der Waals surface area contributed by atoms with Crippen LogP contribution >= 0.6 is 0 Å². The molecule has 4 nitrogen and oxygen atoms in total. The summed E-state index contributed by atoms with van der Waals surface area (Å²) in [7, 11) is 0. The summed E-state index contributed by atoms with van der Waals surface area (Å²) >= 11 is 0. The standard InChI is InChI=1S/C46H28N4/c1-2-8-40-37(7-1)41(45-28-31(20-24-50-45)35-10-4-14-43-39(35)12-6-22-48-43)26-33-16-15-29-25-32(17-18-36(29)46(33)40)44-27-30(19-23-49-44)34-9-3-13-42-38(34)11-5-21-47-42/h1-28H. The highest BCUT2D eigenvalue weighted by Crippen LogP contribution is 2.40. The molecule has 0 unspecified atom stereocenters. The summed E-state index contributed by atoms with van der Waals surface area (Å²) < 4.78 is 0. The Balaban J connectivity index is 1.10. The van der Waals surface area contributed by atoms with Crippen LogP contribution in [0.5, 0.6) is 0 Å². The number of benzene rings is 6. The first-order valence-electron chi connectivity index (χ1n) is 16.8. The monoisotopic (exact) mass is 636 g/mol. The second kappa shape index (κ2) is 11.4. The van der Waals surface area contributed by atoms with Gasteiger partial charge in [-0.1, -0.05) is 84.9 Å². The van der Waals surface area contributed by atoms with Gasteiger partial charge in [0.15, 0.2) is 0 Å². The number of hydrogen-bond donors (Lipinski definition) is 0. The maximum Gasteiger partial charge on any atom is 0.0714 e. The molecule has 0 bridgehead atoms. The second-order valence-corrected chi connectivity index (χ2v) is 12.7. The van der Waals surface area contributed by atoms with Crippen molar-refractivity contribution < 1.29 is 0 Å². The highest BCUT2D eigenvalue weighted by molar-refractivity contribution is 6.23. The first-order chi connectivity index (χ1) is 24.8. The smallest absolute Gasteiger partial charge is 0.0714 e. The summed E-state index contributed by atoms with van der Waals surface area (Å²) in [5, 5.41) is 9.49. The lowest BCUT2D eigenvalue weighted by atomic mass is 9.90. The van der Waals surface area contributed by atoms with Crippen molar-refractivity contribution in [2.45, 2.75) is 0 Å². The molecule has 0 aliphatic heterocycles. The number of pyridine rings is 4. The summed E-state index contributed by atoms with van der Waals surface area (Å²) in [5.41, 5.74) is 10.6. The predicted octanol–water partition coefficient (Wildman–Crippen LogP) is 11.7. The molecule has 0 radical (unpaired) electrons. The van der Waals surface area contributed by atoms with Crippen molar-refractivity contribution in [2.24, 2.45) is 0 Å². The summed E-state index contributed by atoms with van der Waals surface area (Å²) in [6.45, 7) is 0. The molecular formula is C46H28N4. The summed E-state index contributed by atoms with van der Waals surface area (Å²) in [6.07, 6.45) is 7.50. The van der Waals surface area contributed by atoms with Crippen LogP contribution in [0.2, 0.25) is 0 Å². The maximum absolute atomic E-state index is 4.90. The van der Waals surface area contributed by atoms with Crippen LogP contribution in [0.25, 0.3) is 98.9 Å². The molecular weight excluding hydrogens is 609 g/mol. The Morgan fingerprint density at radius 2 is 0.920 bits per heavy atom. The minimum atomic E-state index is 0.943. The maximum atomic E-state index is 4.90. The normalized spacial score (nSPS) is 11.6. The molecule has 0 atom stereocenters. The van der Waals surface area contributed by atoms with Crippen molar-refractivity contribution >= 4 is 54.1 Å². The Hall–Kier alpha value is -6.78. The van der Waals surface area contributed by atoms with Gasteiger partial charge in [-0.3, -0.25) is 19.9 Å². The van der Waals surface area contributed by atoms with E-state index in [0.29, 0.717) is 0 Å². The van der Waals surface area contributed by atoms with Gasteiger partial charge in [-0.05, 0) is 115 Å². The molecule has 0 aliphatic carbocycles. The quantitative estimate of drug-likeness (QED) is 0.180. The summed E-state index contributed by atoms with van der Waals surface area (Å²) in [6, 6.07) is 51.5. The second-order valence-electron chi connectivity index (χ2n) is 12.7. The Morgan fingerprint density at radius 3 is 1.64 bits per heavy atom. The van der Waals surface area contributed by atoms with Gasteiger partial charge >= 0.3 is 0 Å². The SMILES string of the molecule is c1cc(-c2ccnc(-c3ccc4c(ccc5cc(-c6cc(-c7cccc8ncccc78)ccn6)c6ccccc6c54)c3)c2)c2cccnc2c1. The largest absolute Gasteiger partial charge is 0.256 e. The average Bonchev–Trinajstić information content (AvgIpc) is 3.19. The Bertz CT molecular complexity index is 2940. The molecule has 0 fully saturated rings. The van der Waals surface area contributed by atoms with Crippen molar-refractivity contribution in [3.8, 4) is 44.8 Å². The Morgan fingerprint density at radius 1 is 0.300 bits per heavy atom. The van der Waals surface area contributed by atoms with Crippen LogP contribution in [0.4, 0.5) is 0 Å². The van der Waals surface area contributed by atoms with E-state index >= 15 is 0 Å². The predicted molar refractivity (Wildman–Crippen MR) is 207 cm³/mol. The lowest BCUT2D eigenvalue weighted by Crippen LogP contribution is -1.91. The van der Waals surface area contributed by atoms with E-state index < -0.39 is 0 Å². The molecule has 232 valence electrons. The fraction of sp³-hybridized carbons (Fsp3) is 0. The van der Waals surface area contributed by atoms with Crippen LogP contribution in [0.1, 0.15) is 0 Å². The van der Waals surface area contributed by atoms with Crippen molar-refractivity contribution in [2.75, 3.05) is 0 Å². The van der Waals surface area contributed by atoms with Gasteiger partial charge in [-0.2, -0.15) is 0 Å². The highest BCUT2D eigenvalue weighted by Gasteiger charge is 2.15. The van der Waals surface area contributed by atoms with Crippen LogP contribution in [-0.4, -0.2) is 19.9 Å². The lowest BCUT2D eigenvalue weighted by molar-refractivity contribution is 1.33. The first-order valence-corrected chi connectivity index (χ1v) is 16.8. The zero-order valence-corrected chi connectivity index (χ0v) is 27.0. The molecule has 4 aromatic heterocycles. The fourth-order valence-corrected chi connectivity index (χ4v) is 7.52. The van der Waals surface area contributed by atoms with Crippen molar-refractivity contribution in [1.82, 2.24) is 19.9 Å². The highest BCUT2D eigenvalue weighted by atomic mass is 14.7. The number of fused-ring (bicyclic) bond motifs is 7. The minimum absolute atomic E-state index is 0.943. The van der Waals surface area contributed by atoms with Gasteiger partial charge in [0, 0.05) is 46.7 Å². The first kappa shape index (κ1) is 28.3. The summed E-state index contributed by atoms with van der Waals surface area (Å²) in [5.74, 6) is 0. The van der Waals surface area contributed by atoms with Crippen molar-refractivity contribution in [3.05, 3.63) is 170 Å². The van der Waals surface area contributed by atoms with Crippen LogP contribution in [0.15, 0.2) is 170 Å². The number of hydrogen-bond acceptors (Lipinski definition) is 4. The third kappa shape index (κ3) is 4.61. The van der Waals surface area contributed by atoms with Crippen molar-refractivity contribution in [1.29, 1.82) is 0 Å². The van der Waals surface area contributed by atoms with Crippen LogP contribution in [-0.2, 0) is 0 Å².